The highest BCUT2D eigenvalue weighted by atomic mass is 31.2. The number of unbranched alkanes of at least 4 members (excludes halogenated alkanes) is 37. The molecule has 0 aromatic rings. The summed E-state index contributed by atoms with van der Waals surface area (Å²) in [6.07, 6.45) is 89.4. The zero-order valence-corrected chi connectivity index (χ0v) is 55.6. The van der Waals surface area contributed by atoms with Crippen molar-refractivity contribution in [2.45, 2.75) is 334 Å². The van der Waals surface area contributed by atoms with Gasteiger partial charge in [0.05, 0.1) is 39.9 Å². The molecule has 0 spiro atoms. The van der Waals surface area contributed by atoms with Crippen molar-refractivity contribution in [1.29, 1.82) is 0 Å². The molecule has 3 atom stereocenters. The van der Waals surface area contributed by atoms with Crippen LogP contribution < -0.4 is 10.2 Å². The molecule has 0 bridgehead atoms. The maximum atomic E-state index is 13.1. The lowest BCUT2D eigenvalue weighted by Gasteiger charge is -2.30. The molecule has 0 aromatic carbocycles. The number of likely N-dealkylation sites (N-methyl/N-ethyl adjacent to an activating group) is 1. The molecule has 0 saturated carbocycles. The minimum absolute atomic E-state index is 0.00627. The van der Waals surface area contributed by atoms with Gasteiger partial charge in [-0.2, -0.15) is 0 Å². The molecule has 8 nitrogen and oxygen atoms in total. The van der Waals surface area contributed by atoms with Gasteiger partial charge in [0.1, 0.15) is 13.2 Å². The first kappa shape index (κ1) is 79.7. The zero-order chi connectivity index (χ0) is 59.8. The van der Waals surface area contributed by atoms with Crippen LogP contribution in [0.15, 0.2) is 85.1 Å². The average Bonchev–Trinajstić information content (AvgIpc) is 3.47. The summed E-state index contributed by atoms with van der Waals surface area (Å²) in [6.45, 7) is 4.63. The van der Waals surface area contributed by atoms with Gasteiger partial charge < -0.3 is 28.8 Å². The molecule has 0 aliphatic carbocycles. The maximum Gasteiger partial charge on any atom is 0.268 e. The first-order valence-corrected chi connectivity index (χ1v) is 36.4. The Morgan fingerprint density at radius 1 is 0.439 bits per heavy atom. The maximum absolute atomic E-state index is 13.1. The summed E-state index contributed by atoms with van der Waals surface area (Å²) in [7, 11) is 1.29. The summed E-state index contributed by atoms with van der Waals surface area (Å²) in [5.41, 5.74) is 0. The van der Waals surface area contributed by atoms with Crippen LogP contribution >= 0.6 is 7.82 Å². The normalized spacial score (nSPS) is 14.2. The highest BCUT2D eigenvalue weighted by Gasteiger charge is 2.24. The number of rotatable bonds is 64. The molecule has 0 radical (unpaired) electrons. The smallest absolute Gasteiger partial charge is 0.268 e. The Morgan fingerprint density at radius 3 is 1.09 bits per heavy atom. The second-order valence-corrected chi connectivity index (χ2v) is 26.3. The first-order chi connectivity index (χ1) is 40.0. The van der Waals surface area contributed by atoms with Crippen LogP contribution in [0.3, 0.4) is 0 Å². The van der Waals surface area contributed by atoms with Crippen molar-refractivity contribution in [3.05, 3.63) is 85.1 Å². The van der Waals surface area contributed by atoms with E-state index in [0.717, 1.165) is 96.3 Å². The Labute approximate surface area is 509 Å². The van der Waals surface area contributed by atoms with Crippen LogP contribution in [0.25, 0.3) is 0 Å². The van der Waals surface area contributed by atoms with Crippen LogP contribution in [-0.2, 0) is 18.4 Å². The monoisotopic (exact) mass is 1170 g/mol. The topological polar surface area (TPSA) is 108 Å². The number of hydrogen-bond acceptors (Lipinski definition) is 6. The highest BCUT2D eigenvalue weighted by Crippen LogP contribution is 2.38. The van der Waals surface area contributed by atoms with Gasteiger partial charge in [-0.15, -0.1) is 0 Å². The number of phosphoric acid groups is 1. The summed E-state index contributed by atoms with van der Waals surface area (Å²) < 4.78 is 23.5. The van der Waals surface area contributed by atoms with Crippen LogP contribution in [0.4, 0.5) is 0 Å². The van der Waals surface area contributed by atoms with E-state index >= 15 is 0 Å². The molecule has 1 amide bonds. The predicted octanol–water partition coefficient (Wildman–Crippen LogP) is 21.7. The Bertz CT molecular complexity index is 1610. The van der Waals surface area contributed by atoms with Gasteiger partial charge in [0.2, 0.25) is 5.91 Å². The van der Waals surface area contributed by atoms with Crippen LogP contribution in [0.5, 0.6) is 0 Å². The fourth-order valence-electron chi connectivity index (χ4n) is 10.3. The molecule has 9 heteroatoms. The minimum Gasteiger partial charge on any atom is -0.756 e. The molecule has 82 heavy (non-hydrogen) atoms. The second kappa shape index (κ2) is 63.2. The molecule has 0 fully saturated rings. The summed E-state index contributed by atoms with van der Waals surface area (Å²) in [6, 6.07) is -0.815. The van der Waals surface area contributed by atoms with Crippen molar-refractivity contribution in [1.82, 2.24) is 5.32 Å². The number of aliphatic hydroxyl groups excluding tert-OH is 1. The van der Waals surface area contributed by atoms with Crippen LogP contribution in [0.2, 0.25) is 0 Å². The summed E-state index contributed by atoms with van der Waals surface area (Å²) >= 11 is 0. The Balaban J connectivity index is 4.09. The third-order valence-electron chi connectivity index (χ3n) is 15.6. The van der Waals surface area contributed by atoms with Crippen molar-refractivity contribution >= 4 is 13.7 Å². The van der Waals surface area contributed by atoms with Gasteiger partial charge in [-0.1, -0.05) is 330 Å². The van der Waals surface area contributed by atoms with E-state index in [1.54, 1.807) is 0 Å². The van der Waals surface area contributed by atoms with E-state index in [4.69, 9.17) is 9.05 Å². The number of allylic oxidation sites excluding steroid dienone is 14. The standard InChI is InChI=1S/C73H135N2O6P/c1-6-8-10-12-14-16-18-20-22-24-26-28-30-32-34-36-37-39-40-42-44-46-48-50-52-54-56-58-60-62-64-66-72(76)71(70-81-82(78,79)80-69-68-75(3,4)5)74-73(77)67-65-63-61-59-57-55-53-51-49-47-45-43-41-38-35-33-31-29-27-25-23-21-19-17-15-13-11-9-7-2/h9,11,15,17,21,23,27,29,33,35,41,43,47,49,71-72,76H,6-8,10,12-14,16,18-20,22,24-26,28,30-32,34,36-40,42,44-46,48,50-70H2,1-5H3,(H-,74,77,78,79)/b11-9-,17-15-,23-21-,29-27-,35-33-,43-41-,49-47-. The van der Waals surface area contributed by atoms with Gasteiger partial charge in [-0.05, 0) is 70.6 Å². The molecule has 0 saturated heterocycles. The van der Waals surface area contributed by atoms with E-state index < -0.39 is 20.0 Å². The van der Waals surface area contributed by atoms with Crippen molar-refractivity contribution in [2.24, 2.45) is 0 Å². The van der Waals surface area contributed by atoms with E-state index in [-0.39, 0.29) is 19.1 Å². The zero-order valence-electron chi connectivity index (χ0n) is 54.7. The number of nitrogens with zero attached hydrogens (tertiary/aromatic N) is 1. The number of carbonyl (C=O) groups is 1. The Kier molecular flexibility index (Phi) is 61.4. The molecule has 0 aromatic heterocycles. The summed E-state index contributed by atoms with van der Waals surface area (Å²) in [5, 5.41) is 14.1. The van der Waals surface area contributed by atoms with Gasteiger partial charge in [-0.25, -0.2) is 0 Å². The van der Waals surface area contributed by atoms with Gasteiger partial charge >= 0.3 is 0 Å². The molecule has 0 rings (SSSR count). The fourth-order valence-corrected chi connectivity index (χ4v) is 11.0. The number of hydrogen-bond donors (Lipinski definition) is 2. The van der Waals surface area contributed by atoms with Crippen LogP contribution in [0, 0.1) is 0 Å². The lowest BCUT2D eigenvalue weighted by molar-refractivity contribution is -0.870. The molecule has 3 unspecified atom stereocenters. The molecular formula is C73H135N2O6P. The van der Waals surface area contributed by atoms with Crippen LogP contribution in [-0.4, -0.2) is 68.5 Å². The molecule has 0 aliphatic rings. The fraction of sp³-hybridized carbons (Fsp3) is 0.795. The number of amides is 1. The van der Waals surface area contributed by atoms with E-state index in [2.05, 4.69) is 104 Å². The van der Waals surface area contributed by atoms with E-state index in [9.17, 15) is 19.4 Å². The lowest BCUT2D eigenvalue weighted by Crippen LogP contribution is -2.46. The largest absolute Gasteiger partial charge is 0.756 e. The number of quaternary nitrogens is 1. The Hall–Kier alpha value is -2.32. The SMILES string of the molecule is CC/C=C\C/C=C\C/C=C\C/C=C\C/C=C\C/C=C\C/C=C\CCCCCCCCCC(=O)NC(COP(=O)([O-])OCC[N+](C)(C)C)C(O)CCCCCCCCCCCCCCCCCCCCCCCCCCCCCCCCC. The van der Waals surface area contributed by atoms with Crippen molar-refractivity contribution in [3.8, 4) is 0 Å². The number of aliphatic hydroxyl groups is 1. The lowest BCUT2D eigenvalue weighted by atomic mass is 10.0. The van der Waals surface area contributed by atoms with E-state index in [0.29, 0.717) is 23.9 Å². The first-order valence-electron chi connectivity index (χ1n) is 34.9. The van der Waals surface area contributed by atoms with Crippen molar-refractivity contribution in [3.63, 3.8) is 0 Å². The summed E-state index contributed by atoms with van der Waals surface area (Å²) in [4.78, 5) is 25.7. The molecule has 0 heterocycles. The van der Waals surface area contributed by atoms with Crippen LogP contribution in [0.1, 0.15) is 322 Å². The third-order valence-corrected chi connectivity index (χ3v) is 16.6. The van der Waals surface area contributed by atoms with Crippen molar-refractivity contribution < 1.29 is 32.9 Å². The van der Waals surface area contributed by atoms with Gasteiger partial charge in [0, 0.05) is 6.42 Å². The quantitative estimate of drug-likeness (QED) is 0.0272. The summed E-state index contributed by atoms with van der Waals surface area (Å²) in [5.74, 6) is -0.175. The van der Waals surface area contributed by atoms with Gasteiger partial charge in [0.15, 0.2) is 0 Å². The average molecular weight is 1170 g/mol. The number of phosphoric ester groups is 1. The molecule has 2 N–H and O–H groups in total. The van der Waals surface area contributed by atoms with Gasteiger partial charge in [0.25, 0.3) is 7.82 Å². The van der Waals surface area contributed by atoms with E-state index in [1.165, 1.54) is 199 Å². The Morgan fingerprint density at radius 2 is 0.744 bits per heavy atom. The van der Waals surface area contributed by atoms with Gasteiger partial charge in [-0.3, -0.25) is 9.36 Å². The molecule has 478 valence electrons. The molecular weight excluding hydrogens is 1030 g/mol. The van der Waals surface area contributed by atoms with E-state index in [1.807, 2.05) is 21.1 Å². The predicted molar refractivity (Wildman–Crippen MR) is 357 cm³/mol. The third kappa shape index (κ3) is 65.2. The number of nitrogens with one attached hydrogen (secondary N) is 1. The minimum atomic E-state index is -4.59. The number of carbonyl (C=O) groups excluding carboxylic acids is 1. The second-order valence-electron chi connectivity index (χ2n) is 24.9. The van der Waals surface area contributed by atoms with Crippen molar-refractivity contribution in [2.75, 3.05) is 40.9 Å². The molecule has 0 aliphatic heterocycles. The highest BCUT2D eigenvalue weighted by molar-refractivity contribution is 7.45.